The van der Waals surface area contributed by atoms with Crippen LogP contribution >= 0.6 is 0 Å². The minimum Gasteiger partial charge on any atom is -0.480 e. The third kappa shape index (κ3) is 3.91. The van der Waals surface area contributed by atoms with E-state index in [4.69, 9.17) is 5.11 Å². The van der Waals surface area contributed by atoms with Gasteiger partial charge in [-0.2, -0.15) is 0 Å². The van der Waals surface area contributed by atoms with Crippen LogP contribution in [0.15, 0.2) is 23.1 Å². The van der Waals surface area contributed by atoms with Crippen molar-refractivity contribution in [1.29, 1.82) is 0 Å². The molecule has 1 N–H and O–H groups in total. The molecule has 2 heterocycles. The maximum Gasteiger partial charge on any atom is 0.317 e. The molecule has 7 heteroatoms. The molecule has 0 bridgehead atoms. The van der Waals surface area contributed by atoms with E-state index in [1.165, 1.54) is 10.6 Å². The molecule has 1 aromatic heterocycles. The fraction of sp³-hybridized carbons (Fsp3) is 0.500. The zero-order valence-electron chi connectivity index (χ0n) is 12.0. The van der Waals surface area contributed by atoms with Gasteiger partial charge in [0, 0.05) is 51.1 Å². The minimum atomic E-state index is -0.860. The molecule has 0 radical (unpaired) electrons. The Bertz CT molecular complexity index is 596. The number of amides is 1. The molecular weight excluding hydrogens is 274 g/mol. The summed E-state index contributed by atoms with van der Waals surface area (Å²) in [5.74, 6) is -1.04. The molecule has 2 rings (SSSR count). The van der Waals surface area contributed by atoms with Gasteiger partial charge in [-0.3, -0.25) is 19.3 Å². The summed E-state index contributed by atoms with van der Waals surface area (Å²) in [6.45, 7) is 2.23. The molecule has 0 aliphatic carbocycles. The maximum atomic E-state index is 12.4. The van der Waals surface area contributed by atoms with Gasteiger partial charge in [0.1, 0.15) is 0 Å². The number of nitrogens with zero attached hydrogens (tertiary/aromatic N) is 3. The first-order valence-electron chi connectivity index (χ1n) is 6.87. The van der Waals surface area contributed by atoms with Crippen molar-refractivity contribution in [2.24, 2.45) is 7.05 Å². The van der Waals surface area contributed by atoms with Gasteiger partial charge in [0.15, 0.2) is 0 Å². The summed E-state index contributed by atoms with van der Waals surface area (Å²) in [7, 11) is 1.63. The van der Waals surface area contributed by atoms with E-state index < -0.39 is 5.97 Å². The van der Waals surface area contributed by atoms with E-state index in [9.17, 15) is 14.4 Å². The number of carbonyl (C=O) groups is 2. The number of pyridine rings is 1. The number of carboxylic acid groups (broad SMARTS) is 1. The van der Waals surface area contributed by atoms with Crippen LogP contribution in [0, 0.1) is 0 Å². The summed E-state index contributed by atoms with van der Waals surface area (Å²) in [4.78, 5) is 38.2. The highest BCUT2D eigenvalue weighted by molar-refractivity contribution is 5.94. The Kier molecular flexibility index (Phi) is 4.74. The Morgan fingerprint density at radius 3 is 2.67 bits per heavy atom. The Hall–Kier alpha value is -2.15. The Labute approximate surface area is 122 Å². The van der Waals surface area contributed by atoms with Crippen molar-refractivity contribution in [1.82, 2.24) is 14.4 Å². The second kappa shape index (κ2) is 6.53. The zero-order chi connectivity index (χ0) is 15.4. The van der Waals surface area contributed by atoms with Gasteiger partial charge in [0.25, 0.3) is 11.5 Å². The fourth-order valence-electron chi connectivity index (χ4n) is 2.39. The number of carbonyl (C=O) groups excluding carboxylic acids is 1. The molecule has 1 aliphatic heterocycles. The monoisotopic (exact) mass is 293 g/mol. The molecule has 1 amide bonds. The predicted octanol–water partition coefficient (Wildman–Crippen LogP) is -0.382. The number of hydrogen-bond donors (Lipinski definition) is 1. The molecule has 0 saturated carbocycles. The molecule has 0 unspecified atom stereocenters. The van der Waals surface area contributed by atoms with Crippen molar-refractivity contribution < 1.29 is 14.7 Å². The number of hydrogen-bond acceptors (Lipinski definition) is 4. The van der Waals surface area contributed by atoms with E-state index in [1.807, 2.05) is 4.90 Å². The zero-order valence-corrected chi connectivity index (χ0v) is 12.0. The Morgan fingerprint density at radius 1 is 1.24 bits per heavy atom. The molecule has 0 aromatic carbocycles. The normalized spacial score (nSPS) is 16.5. The van der Waals surface area contributed by atoms with Gasteiger partial charge in [-0.25, -0.2) is 0 Å². The highest BCUT2D eigenvalue weighted by Gasteiger charge is 2.21. The summed E-state index contributed by atoms with van der Waals surface area (Å²) < 4.78 is 1.41. The average Bonchev–Trinajstić information content (AvgIpc) is 2.66. The quantitative estimate of drug-likeness (QED) is 0.821. The van der Waals surface area contributed by atoms with E-state index >= 15 is 0 Å². The van der Waals surface area contributed by atoms with Crippen molar-refractivity contribution in [2.75, 3.05) is 32.7 Å². The number of aliphatic carboxylic acids is 1. The third-order valence-electron chi connectivity index (χ3n) is 3.59. The van der Waals surface area contributed by atoms with Crippen molar-refractivity contribution in [3.05, 3.63) is 34.2 Å². The van der Waals surface area contributed by atoms with Crippen LogP contribution in [0.1, 0.15) is 16.8 Å². The van der Waals surface area contributed by atoms with E-state index in [-0.39, 0.29) is 18.0 Å². The summed E-state index contributed by atoms with van der Waals surface area (Å²) in [5, 5.41) is 8.81. The summed E-state index contributed by atoms with van der Waals surface area (Å²) in [5.41, 5.74) is 0.160. The van der Waals surface area contributed by atoms with Crippen LogP contribution in [0.4, 0.5) is 0 Å². The smallest absolute Gasteiger partial charge is 0.317 e. The summed E-state index contributed by atoms with van der Waals surface area (Å²) in [6.07, 6.45) is 2.30. The van der Waals surface area contributed by atoms with Crippen molar-refractivity contribution >= 4 is 11.9 Å². The number of carboxylic acids is 1. The van der Waals surface area contributed by atoms with Gasteiger partial charge in [-0.1, -0.05) is 0 Å². The molecule has 0 atom stereocenters. The van der Waals surface area contributed by atoms with Crippen molar-refractivity contribution in [2.45, 2.75) is 6.42 Å². The predicted molar refractivity (Wildman–Crippen MR) is 76.3 cm³/mol. The fourth-order valence-corrected chi connectivity index (χ4v) is 2.39. The maximum absolute atomic E-state index is 12.4. The van der Waals surface area contributed by atoms with Gasteiger partial charge < -0.3 is 14.6 Å². The molecule has 1 aromatic rings. The average molecular weight is 293 g/mol. The largest absolute Gasteiger partial charge is 0.480 e. The minimum absolute atomic E-state index is 0.00604. The van der Waals surface area contributed by atoms with E-state index in [1.54, 1.807) is 24.2 Å². The molecule has 1 saturated heterocycles. The molecule has 21 heavy (non-hydrogen) atoms. The lowest BCUT2D eigenvalue weighted by molar-refractivity contribution is -0.138. The van der Waals surface area contributed by atoms with Crippen LogP contribution in [-0.2, 0) is 11.8 Å². The topological polar surface area (TPSA) is 82.8 Å². The summed E-state index contributed by atoms with van der Waals surface area (Å²) in [6, 6.07) is 2.96. The molecule has 1 aliphatic rings. The van der Waals surface area contributed by atoms with Gasteiger partial charge in [0.2, 0.25) is 0 Å². The standard InChI is InChI=1S/C14H19N3O4/c1-15-6-3-11(9-12(15)18)14(21)17-5-2-4-16(7-8-17)10-13(19)20/h3,6,9H,2,4-5,7-8,10H2,1H3,(H,19,20). The van der Waals surface area contributed by atoms with Gasteiger partial charge in [-0.05, 0) is 12.5 Å². The van der Waals surface area contributed by atoms with Crippen LogP contribution in [-0.4, -0.2) is 64.1 Å². The lowest BCUT2D eigenvalue weighted by Crippen LogP contribution is -2.37. The first-order valence-corrected chi connectivity index (χ1v) is 6.87. The second-order valence-electron chi connectivity index (χ2n) is 5.18. The first-order chi connectivity index (χ1) is 9.97. The van der Waals surface area contributed by atoms with Gasteiger partial charge in [0.05, 0.1) is 6.54 Å². The van der Waals surface area contributed by atoms with Crippen molar-refractivity contribution in [3.63, 3.8) is 0 Å². The van der Waals surface area contributed by atoms with Gasteiger partial charge >= 0.3 is 5.97 Å². The number of aryl methyl sites for hydroxylation is 1. The number of aromatic nitrogens is 1. The third-order valence-corrected chi connectivity index (χ3v) is 3.59. The van der Waals surface area contributed by atoms with E-state index in [0.29, 0.717) is 31.7 Å². The van der Waals surface area contributed by atoms with Crippen LogP contribution in [0.2, 0.25) is 0 Å². The number of rotatable bonds is 3. The Morgan fingerprint density at radius 2 is 2.00 bits per heavy atom. The lowest BCUT2D eigenvalue weighted by Gasteiger charge is -2.21. The summed E-state index contributed by atoms with van der Waals surface area (Å²) >= 11 is 0. The van der Waals surface area contributed by atoms with Crippen molar-refractivity contribution in [3.8, 4) is 0 Å². The van der Waals surface area contributed by atoms with Crippen LogP contribution in [0.3, 0.4) is 0 Å². The molecule has 114 valence electrons. The molecule has 1 fully saturated rings. The molecule has 7 nitrogen and oxygen atoms in total. The van der Waals surface area contributed by atoms with Gasteiger partial charge in [-0.15, -0.1) is 0 Å². The van der Waals surface area contributed by atoms with E-state index in [2.05, 4.69) is 0 Å². The molecular formula is C14H19N3O4. The molecule has 0 spiro atoms. The van der Waals surface area contributed by atoms with E-state index in [0.717, 1.165) is 6.42 Å². The van der Waals surface area contributed by atoms with Crippen LogP contribution in [0.5, 0.6) is 0 Å². The van der Waals surface area contributed by atoms with Crippen LogP contribution < -0.4 is 5.56 Å². The highest BCUT2D eigenvalue weighted by atomic mass is 16.4. The first kappa shape index (κ1) is 15.2. The SMILES string of the molecule is Cn1ccc(C(=O)N2CCCN(CC(=O)O)CC2)cc1=O. The Balaban J connectivity index is 2.04. The lowest BCUT2D eigenvalue weighted by atomic mass is 10.2. The highest BCUT2D eigenvalue weighted by Crippen LogP contribution is 2.08. The second-order valence-corrected chi connectivity index (χ2v) is 5.18. The van der Waals surface area contributed by atoms with Crippen LogP contribution in [0.25, 0.3) is 0 Å².